The maximum atomic E-state index is 10.7. The van der Waals surface area contributed by atoms with Crippen molar-refractivity contribution in [1.82, 2.24) is 5.32 Å². The van der Waals surface area contributed by atoms with Crippen LogP contribution < -0.4 is 15.8 Å². The molecule has 110 valence electrons. The number of benzene rings is 1. The molecule has 3 N–H and O–H groups in total. The number of primary amides is 1. The minimum Gasteiger partial charge on any atom is -0.497 e. The summed E-state index contributed by atoms with van der Waals surface area (Å²) in [5, 5.41) is 3.60. The molecular weight excluding hydrogens is 252 g/mol. The molecule has 0 bridgehead atoms. The van der Waals surface area contributed by atoms with Gasteiger partial charge in [0.1, 0.15) is 5.75 Å². The van der Waals surface area contributed by atoms with Crippen LogP contribution in [0.25, 0.3) is 0 Å². The van der Waals surface area contributed by atoms with E-state index in [0.717, 1.165) is 38.0 Å². The molecule has 0 saturated carbocycles. The minimum atomic E-state index is -0.210. The van der Waals surface area contributed by atoms with Crippen molar-refractivity contribution in [1.29, 1.82) is 0 Å². The second-order valence-electron chi connectivity index (χ2n) is 5.39. The molecular formula is C16H24N2O2. The number of carbonyl (C=O) groups is 1. The lowest BCUT2D eigenvalue weighted by molar-refractivity contribution is -0.118. The number of rotatable bonds is 7. The van der Waals surface area contributed by atoms with Crippen LogP contribution in [0.3, 0.4) is 0 Å². The smallest absolute Gasteiger partial charge is 0.217 e. The largest absolute Gasteiger partial charge is 0.497 e. The van der Waals surface area contributed by atoms with E-state index in [1.807, 2.05) is 6.07 Å². The minimum absolute atomic E-state index is 0.210. The maximum Gasteiger partial charge on any atom is 0.217 e. The summed E-state index contributed by atoms with van der Waals surface area (Å²) >= 11 is 0. The van der Waals surface area contributed by atoms with Crippen molar-refractivity contribution in [2.75, 3.05) is 13.7 Å². The molecule has 1 amide bonds. The van der Waals surface area contributed by atoms with E-state index in [0.29, 0.717) is 12.5 Å². The number of fused-ring (bicyclic) bond motifs is 1. The van der Waals surface area contributed by atoms with Gasteiger partial charge in [0.2, 0.25) is 5.91 Å². The van der Waals surface area contributed by atoms with E-state index in [9.17, 15) is 4.79 Å². The Balaban J connectivity index is 1.89. The summed E-state index contributed by atoms with van der Waals surface area (Å²) in [5.74, 6) is 0.712. The average molecular weight is 276 g/mol. The predicted molar refractivity (Wildman–Crippen MR) is 79.7 cm³/mol. The molecule has 1 aromatic rings. The molecule has 0 aromatic heterocycles. The van der Waals surface area contributed by atoms with Crippen LogP contribution in [0, 0.1) is 0 Å². The third-order valence-electron chi connectivity index (χ3n) is 3.91. The van der Waals surface area contributed by atoms with Crippen molar-refractivity contribution < 1.29 is 9.53 Å². The van der Waals surface area contributed by atoms with Gasteiger partial charge in [0, 0.05) is 12.5 Å². The standard InChI is InChI=1S/C16H24N2O2/c1-20-13-9-8-12-5-4-6-15(14(12)11-13)18-10-3-2-7-16(17)19/h8-9,11,15,18H,2-7,10H2,1H3,(H2,17,19). The predicted octanol–water partition coefficient (Wildman–Crippen LogP) is 2.32. The summed E-state index contributed by atoms with van der Waals surface area (Å²) in [6, 6.07) is 6.76. The zero-order valence-electron chi connectivity index (χ0n) is 12.2. The molecule has 0 spiro atoms. The first-order chi connectivity index (χ1) is 9.70. The van der Waals surface area contributed by atoms with Gasteiger partial charge in [-0.25, -0.2) is 0 Å². The highest BCUT2D eigenvalue weighted by molar-refractivity contribution is 5.73. The van der Waals surface area contributed by atoms with Gasteiger partial charge < -0.3 is 15.8 Å². The number of ether oxygens (including phenoxy) is 1. The lowest BCUT2D eigenvalue weighted by Crippen LogP contribution is -2.26. The fourth-order valence-corrected chi connectivity index (χ4v) is 2.82. The Morgan fingerprint density at radius 2 is 2.30 bits per heavy atom. The SMILES string of the molecule is COc1ccc2c(c1)C(NCCCCC(N)=O)CCC2. The highest BCUT2D eigenvalue weighted by atomic mass is 16.5. The van der Waals surface area contributed by atoms with Gasteiger partial charge in [-0.2, -0.15) is 0 Å². The van der Waals surface area contributed by atoms with Gasteiger partial charge in [-0.05, 0) is 61.9 Å². The molecule has 20 heavy (non-hydrogen) atoms. The lowest BCUT2D eigenvalue weighted by atomic mass is 9.87. The molecule has 1 aromatic carbocycles. The normalized spacial score (nSPS) is 17.6. The molecule has 2 rings (SSSR count). The third-order valence-corrected chi connectivity index (χ3v) is 3.91. The monoisotopic (exact) mass is 276 g/mol. The highest BCUT2D eigenvalue weighted by Gasteiger charge is 2.20. The van der Waals surface area contributed by atoms with E-state index in [4.69, 9.17) is 10.5 Å². The van der Waals surface area contributed by atoms with Gasteiger partial charge in [-0.3, -0.25) is 4.79 Å². The Morgan fingerprint density at radius 3 is 3.05 bits per heavy atom. The fraction of sp³-hybridized carbons (Fsp3) is 0.562. The van der Waals surface area contributed by atoms with Crippen LogP contribution in [0.4, 0.5) is 0 Å². The summed E-state index contributed by atoms with van der Waals surface area (Å²) < 4.78 is 5.32. The van der Waals surface area contributed by atoms with Gasteiger partial charge in [-0.1, -0.05) is 6.07 Å². The third kappa shape index (κ3) is 3.97. The number of nitrogens with one attached hydrogen (secondary N) is 1. The van der Waals surface area contributed by atoms with Crippen LogP contribution in [0.15, 0.2) is 18.2 Å². The van der Waals surface area contributed by atoms with Crippen LogP contribution in [0.5, 0.6) is 5.75 Å². The zero-order valence-corrected chi connectivity index (χ0v) is 12.2. The van der Waals surface area contributed by atoms with Crippen LogP contribution in [0.1, 0.15) is 49.3 Å². The highest BCUT2D eigenvalue weighted by Crippen LogP contribution is 2.32. The summed E-state index contributed by atoms with van der Waals surface area (Å²) in [5.41, 5.74) is 7.93. The van der Waals surface area contributed by atoms with Crippen molar-refractivity contribution in [2.24, 2.45) is 5.73 Å². The quantitative estimate of drug-likeness (QED) is 0.751. The van der Waals surface area contributed by atoms with Gasteiger partial charge in [0.15, 0.2) is 0 Å². The number of unbranched alkanes of at least 4 members (excludes halogenated alkanes) is 1. The number of hydrogen-bond acceptors (Lipinski definition) is 3. The number of hydrogen-bond donors (Lipinski definition) is 2. The summed E-state index contributed by atoms with van der Waals surface area (Å²) in [4.78, 5) is 10.7. The van der Waals surface area contributed by atoms with Crippen LogP contribution >= 0.6 is 0 Å². The Morgan fingerprint density at radius 1 is 1.45 bits per heavy atom. The molecule has 1 aliphatic carbocycles. The molecule has 0 aliphatic heterocycles. The Labute approximate surface area is 120 Å². The molecule has 1 unspecified atom stereocenters. The molecule has 1 atom stereocenters. The number of aryl methyl sites for hydroxylation is 1. The zero-order chi connectivity index (χ0) is 14.4. The molecule has 0 fully saturated rings. The second kappa shape index (κ2) is 7.29. The molecule has 0 radical (unpaired) electrons. The molecule has 1 aliphatic rings. The number of nitrogens with two attached hydrogens (primary N) is 1. The van der Waals surface area contributed by atoms with E-state index in [1.165, 1.54) is 17.5 Å². The molecule has 0 saturated heterocycles. The number of carbonyl (C=O) groups excluding carboxylic acids is 1. The van der Waals surface area contributed by atoms with E-state index in [2.05, 4.69) is 17.4 Å². The van der Waals surface area contributed by atoms with Gasteiger partial charge in [-0.15, -0.1) is 0 Å². The first-order valence-corrected chi connectivity index (χ1v) is 7.39. The van der Waals surface area contributed by atoms with E-state index >= 15 is 0 Å². The topological polar surface area (TPSA) is 64.3 Å². The van der Waals surface area contributed by atoms with Gasteiger partial charge in [0.25, 0.3) is 0 Å². The van der Waals surface area contributed by atoms with E-state index in [-0.39, 0.29) is 5.91 Å². The lowest BCUT2D eigenvalue weighted by Gasteiger charge is -2.27. The Hall–Kier alpha value is -1.55. The van der Waals surface area contributed by atoms with E-state index < -0.39 is 0 Å². The van der Waals surface area contributed by atoms with Crippen molar-refractivity contribution in [3.05, 3.63) is 29.3 Å². The van der Waals surface area contributed by atoms with Crippen LogP contribution in [0.2, 0.25) is 0 Å². The number of amides is 1. The molecule has 4 nitrogen and oxygen atoms in total. The van der Waals surface area contributed by atoms with Crippen molar-refractivity contribution in [3.63, 3.8) is 0 Å². The van der Waals surface area contributed by atoms with Crippen molar-refractivity contribution in [3.8, 4) is 5.75 Å². The maximum absolute atomic E-state index is 10.7. The summed E-state index contributed by atoms with van der Waals surface area (Å²) in [7, 11) is 1.71. The van der Waals surface area contributed by atoms with Gasteiger partial charge in [0.05, 0.1) is 7.11 Å². The second-order valence-corrected chi connectivity index (χ2v) is 5.39. The number of methoxy groups -OCH3 is 1. The molecule has 0 heterocycles. The summed E-state index contributed by atoms with van der Waals surface area (Å²) in [6.07, 6.45) is 5.86. The van der Waals surface area contributed by atoms with Crippen molar-refractivity contribution >= 4 is 5.91 Å². The van der Waals surface area contributed by atoms with Gasteiger partial charge >= 0.3 is 0 Å². The Bertz CT molecular complexity index is 460. The average Bonchev–Trinajstić information content (AvgIpc) is 2.46. The van der Waals surface area contributed by atoms with Crippen molar-refractivity contribution in [2.45, 2.75) is 44.6 Å². The first-order valence-electron chi connectivity index (χ1n) is 7.39. The van der Waals surface area contributed by atoms with Crippen LogP contribution in [-0.4, -0.2) is 19.6 Å². The first kappa shape index (κ1) is 14.9. The Kier molecular flexibility index (Phi) is 5.41. The fourth-order valence-electron chi connectivity index (χ4n) is 2.82. The van der Waals surface area contributed by atoms with Crippen LogP contribution in [-0.2, 0) is 11.2 Å². The molecule has 4 heteroatoms. The van der Waals surface area contributed by atoms with E-state index in [1.54, 1.807) is 7.11 Å². The summed E-state index contributed by atoms with van der Waals surface area (Å²) in [6.45, 7) is 0.925.